The quantitative estimate of drug-likeness (QED) is 0.668. The maximum Gasteiger partial charge on any atom is 0.270 e. The van der Waals surface area contributed by atoms with E-state index in [1.165, 1.54) is 6.20 Å². The number of aromatic nitrogens is 2. The molecule has 2 aromatic heterocycles. The highest BCUT2D eigenvalue weighted by atomic mass is 32.2. The Kier molecular flexibility index (Phi) is 5.14. The van der Waals surface area contributed by atoms with E-state index in [1.54, 1.807) is 12.1 Å². The smallest absolute Gasteiger partial charge is 0.270 e. The van der Waals surface area contributed by atoms with Gasteiger partial charge in [0, 0.05) is 42.9 Å². The van der Waals surface area contributed by atoms with Gasteiger partial charge < -0.3 is 14.6 Å². The SMILES string of the molecule is CS(=O)(=O)Nc1ccc(OC2CCN(C(=O)c3cc4ccccc4[nH]3)CC2)nc1. The Labute approximate surface area is 168 Å². The van der Waals surface area contributed by atoms with E-state index in [9.17, 15) is 13.2 Å². The summed E-state index contributed by atoms with van der Waals surface area (Å²) in [5.41, 5.74) is 1.94. The summed E-state index contributed by atoms with van der Waals surface area (Å²) < 4.78 is 30.7. The van der Waals surface area contributed by atoms with Gasteiger partial charge in [-0.15, -0.1) is 0 Å². The summed E-state index contributed by atoms with van der Waals surface area (Å²) in [6.45, 7) is 1.21. The summed E-state index contributed by atoms with van der Waals surface area (Å²) in [5.74, 6) is 0.429. The number of pyridine rings is 1. The average Bonchev–Trinajstić information content (AvgIpc) is 3.13. The highest BCUT2D eigenvalue weighted by Gasteiger charge is 2.25. The van der Waals surface area contributed by atoms with Gasteiger partial charge in [0.2, 0.25) is 15.9 Å². The zero-order chi connectivity index (χ0) is 20.4. The molecule has 8 nitrogen and oxygen atoms in total. The largest absolute Gasteiger partial charge is 0.474 e. The first-order valence-electron chi connectivity index (χ1n) is 9.35. The number of carbonyl (C=O) groups is 1. The number of hydrogen-bond acceptors (Lipinski definition) is 5. The average molecular weight is 414 g/mol. The topological polar surface area (TPSA) is 104 Å². The number of fused-ring (bicyclic) bond motifs is 1. The van der Waals surface area contributed by atoms with Crippen molar-refractivity contribution in [3.63, 3.8) is 0 Å². The van der Waals surface area contributed by atoms with Gasteiger partial charge in [0.25, 0.3) is 5.91 Å². The van der Waals surface area contributed by atoms with Crippen LogP contribution in [-0.4, -0.2) is 54.6 Å². The van der Waals surface area contributed by atoms with Crippen molar-refractivity contribution in [1.82, 2.24) is 14.9 Å². The van der Waals surface area contributed by atoms with Crippen LogP contribution in [0.3, 0.4) is 0 Å². The van der Waals surface area contributed by atoms with Crippen LogP contribution in [-0.2, 0) is 10.0 Å². The van der Waals surface area contributed by atoms with Gasteiger partial charge in [-0.1, -0.05) is 18.2 Å². The minimum Gasteiger partial charge on any atom is -0.474 e. The van der Waals surface area contributed by atoms with Crippen LogP contribution in [0.5, 0.6) is 5.88 Å². The fraction of sp³-hybridized carbons (Fsp3) is 0.300. The van der Waals surface area contributed by atoms with Crippen molar-refractivity contribution in [2.75, 3.05) is 24.1 Å². The zero-order valence-electron chi connectivity index (χ0n) is 16.0. The number of rotatable bonds is 5. The number of benzene rings is 1. The third kappa shape index (κ3) is 4.68. The second kappa shape index (κ2) is 7.75. The second-order valence-corrected chi connectivity index (χ2v) is 8.89. The number of nitrogens with one attached hydrogen (secondary N) is 2. The Balaban J connectivity index is 1.32. The molecular weight excluding hydrogens is 392 g/mol. The van der Waals surface area contributed by atoms with E-state index in [-0.39, 0.29) is 12.0 Å². The maximum atomic E-state index is 12.8. The molecule has 4 rings (SSSR count). The number of H-pyrrole nitrogens is 1. The predicted molar refractivity (Wildman–Crippen MR) is 111 cm³/mol. The third-order valence-electron chi connectivity index (χ3n) is 4.82. The second-order valence-electron chi connectivity index (χ2n) is 7.14. The van der Waals surface area contributed by atoms with Crippen LogP contribution in [0.2, 0.25) is 0 Å². The lowest BCUT2D eigenvalue weighted by atomic mass is 10.1. The van der Waals surface area contributed by atoms with Gasteiger partial charge in [-0.2, -0.15) is 0 Å². The highest BCUT2D eigenvalue weighted by molar-refractivity contribution is 7.92. The standard InChI is InChI=1S/C20H22N4O4S/c1-29(26,27)23-15-6-7-19(21-13-15)28-16-8-10-24(11-9-16)20(25)18-12-14-4-2-3-5-17(14)22-18/h2-7,12-13,16,22-23H,8-11H2,1H3. The van der Waals surface area contributed by atoms with Gasteiger partial charge in [0.15, 0.2) is 0 Å². The molecule has 152 valence electrons. The van der Waals surface area contributed by atoms with Crippen molar-refractivity contribution >= 4 is 32.5 Å². The van der Waals surface area contributed by atoms with Gasteiger partial charge >= 0.3 is 0 Å². The number of carbonyl (C=O) groups excluding carboxylic acids is 1. The summed E-state index contributed by atoms with van der Waals surface area (Å²) in [6.07, 6.45) is 3.88. The Morgan fingerprint density at radius 3 is 2.62 bits per heavy atom. The number of hydrogen-bond donors (Lipinski definition) is 2. The number of aromatic amines is 1. The first kappa shape index (κ1) is 19.3. The lowest BCUT2D eigenvalue weighted by molar-refractivity contribution is 0.0583. The molecule has 0 spiro atoms. The Hall–Kier alpha value is -3.07. The monoisotopic (exact) mass is 414 g/mol. The molecule has 29 heavy (non-hydrogen) atoms. The van der Waals surface area contributed by atoms with Crippen molar-refractivity contribution < 1.29 is 17.9 Å². The van der Waals surface area contributed by atoms with E-state index >= 15 is 0 Å². The zero-order valence-corrected chi connectivity index (χ0v) is 16.8. The van der Waals surface area contributed by atoms with Crippen LogP contribution >= 0.6 is 0 Å². The highest BCUT2D eigenvalue weighted by Crippen LogP contribution is 2.21. The van der Waals surface area contributed by atoms with E-state index in [4.69, 9.17) is 4.74 Å². The van der Waals surface area contributed by atoms with Gasteiger partial charge in [0.1, 0.15) is 11.8 Å². The number of para-hydroxylation sites is 1. The predicted octanol–water partition coefficient (Wildman–Crippen LogP) is 2.62. The van der Waals surface area contributed by atoms with E-state index in [2.05, 4.69) is 14.7 Å². The molecule has 1 aliphatic heterocycles. The molecule has 3 heterocycles. The lowest BCUT2D eigenvalue weighted by Gasteiger charge is -2.31. The molecule has 1 aliphatic rings. The number of ether oxygens (including phenoxy) is 1. The fourth-order valence-corrected chi connectivity index (χ4v) is 3.98. The van der Waals surface area contributed by atoms with Crippen LogP contribution in [0.4, 0.5) is 5.69 Å². The number of amides is 1. The number of nitrogens with zero attached hydrogens (tertiary/aromatic N) is 2. The first-order chi connectivity index (χ1) is 13.9. The van der Waals surface area contributed by atoms with Crippen molar-refractivity contribution in [3.8, 4) is 5.88 Å². The summed E-state index contributed by atoms with van der Waals surface area (Å²) in [4.78, 5) is 21.9. The molecular formula is C20H22N4O4S. The van der Waals surface area contributed by atoms with Crippen molar-refractivity contribution in [1.29, 1.82) is 0 Å². The normalized spacial score (nSPS) is 15.4. The van der Waals surface area contributed by atoms with Crippen molar-refractivity contribution in [2.45, 2.75) is 18.9 Å². The fourth-order valence-electron chi connectivity index (χ4n) is 3.43. The minimum absolute atomic E-state index is 0.00558. The Morgan fingerprint density at radius 1 is 1.21 bits per heavy atom. The third-order valence-corrected chi connectivity index (χ3v) is 5.42. The Morgan fingerprint density at radius 2 is 1.97 bits per heavy atom. The van der Waals surface area contributed by atoms with Crippen molar-refractivity contribution in [3.05, 3.63) is 54.4 Å². The number of likely N-dealkylation sites (tertiary alicyclic amines) is 1. The maximum absolute atomic E-state index is 12.8. The molecule has 1 aromatic carbocycles. The van der Waals surface area contributed by atoms with Crippen LogP contribution in [0.1, 0.15) is 23.3 Å². The molecule has 1 fully saturated rings. The summed E-state index contributed by atoms with van der Waals surface area (Å²) in [6, 6.07) is 12.9. The molecule has 1 amide bonds. The van der Waals surface area contributed by atoms with Gasteiger partial charge in [-0.25, -0.2) is 13.4 Å². The van der Waals surface area contributed by atoms with Crippen LogP contribution in [0.25, 0.3) is 10.9 Å². The van der Waals surface area contributed by atoms with E-state index < -0.39 is 10.0 Å². The molecule has 0 radical (unpaired) electrons. The van der Waals surface area contributed by atoms with Crippen molar-refractivity contribution in [2.24, 2.45) is 0 Å². The molecule has 2 N–H and O–H groups in total. The van der Waals surface area contributed by atoms with Crippen LogP contribution in [0, 0.1) is 0 Å². The molecule has 3 aromatic rings. The number of anilines is 1. The molecule has 0 atom stereocenters. The van der Waals surface area contributed by atoms with Crippen LogP contribution < -0.4 is 9.46 Å². The van der Waals surface area contributed by atoms with E-state index in [1.807, 2.05) is 35.2 Å². The first-order valence-corrected chi connectivity index (χ1v) is 11.2. The van der Waals surface area contributed by atoms with E-state index in [0.29, 0.717) is 43.2 Å². The number of piperidine rings is 1. The molecule has 0 aliphatic carbocycles. The molecule has 9 heteroatoms. The minimum atomic E-state index is -3.33. The summed E-state index contributed by atoms with van der Waals surface area (Å²) >= 11 is 0. The van der Waals surface area contributed by atoms with Gasteiger partial charge in [0.05, 0.1) is 18.1 Å². The van der Waals surface area contributed by atoms with E-state index in [0.717, 1.165) is 17.2 Å². The van der Waals surface area contributed by atoms with Gasteiger partial charge in [-0.3, -0.25) is 9.52 Å². The molecule has 0 saturated carbocycles. The molecule has 0 bridgehead atoms. The lowest BCUT2D eigenvalue weighted by Crippen LogP contribution is -2.42. The molecule has 1 saturated heterocycles. The Bertz CT molecular complexity index is 1080. The number of sulfonamides is 1. The summed E-state index contributed by atoms with van der Waals surface area (Å²) in [5, 5.41) is 1.02. The van der Waals surface area contributed by atoms with Gasteiger partial charge in [-0.05, 0) is 18.2 Å². The molecule has 0 unspecified atom stereocenters. The summed E-state index contributed by atoms with van der Waals surface area (Å²) in [7, 11) is -3.33. The van der Waals surface area contributed by atoms with Crippen LogP contribution in [0.15, 0.2) is 48.7 Å².